The highest BCUT2D eigenvalue weighted by atomic mass is 32.1. The minimum Gasteiger partial charge on any atom is -0.491 e. The van der Waals surface area contributed by atoms with Gasteiger partial charge in [0.1, 0.15) is 12.4 Å². The highest BCUT2D eigenvalue weighted by molar-refractivity contribution is 7.59. The zero-order valence-electron chi connectivity index (χ0n) is 10.4. The average Bonchev–Trinajstić information content (AvgIpc) is 2.56. The third kappa shape index (κ3) is 3.18. The summed E-state index contributed by atoms with van der Waals surface area (Å²) < 4.78 is 5.57. The summed E-state index contributed by atoms with van der Waals surface area (Å²) >= 11 is 0. The van der Waals surface area contributed by atoms with E-state index < -0.39 is 5.91 Å². The van der Waals surface area contributed by atoms with Crippen molar-refractivity contribution in [3.8, 4) is 5.75 Å². The number of nitrogens with one attached hydrogen (secondary N) is 1. The van der Waals surface area contributed by atoms with Crippen molar-refractivity contribution in [2.75, 3.05) is 6.61 Å². The molecular formula is C12H16N2O4S. The van der Waals surface area contributed by atoms with Crippen molar-refractivity contribution in [1.29, 1.82) is 0 Å². The van der Waals surface area contributed by atoms with Gasteiger partial charge in [-0.1, -0.05) is 6.07 Å². The first-order valence-electron chi connectivity index (χ1n) is 5.57. The molecule has 7 heteroatoms. The lowest BCUT2D eigenvalue weighted by Gasteiger charge is -2.20. The van der Waals surface area contributed by atoms with Gasteiger partial charge in [-0.3, -0.25) is 14.8 Å². The van der Waals surface area contributed by atoms with E-state index in [4.69, 9.17) is 9.94 Å². The van der Waals surface area contributed by atoms with Gasteiger partial charge in [0.05, 0.1) is 6.04 Å². The molecule has 2 N–H and O–H groups in total. The molecule has 0 bridgehead atoms. The molecule has 2 rings (SSSR count). The molecule has 1 aliphatic heterocycles. The first-order chi connectivity index (χ1) is 8.65. The SMILES string of the molecule is C[C@H]1COc2cc(C(=O)NO)ccc2CN1C=O.S. The van der Waals surface area contributed by atoms with Crippen molar-refractivity contribution in [3.63, 3.8) is 0 Å². The number of carbonyl (C=O) groups excluding carboxylic acids is 2. The molecule has 2 amide bonds. The maximum absolute atomic E-state index is 11.3. The van der Waals surface area contributed by atoms with Gasteiger partial charge >= 0.3 is 0 Å². The van der Waals surface area contributed by atoms with Crippen molar-refractivity contribution in [2.24, 2.45) is 0 Å². The smallest absolute Gasteiger partial charge is 0.274 e. The second kappa shape index (κ2) is 6.44. The van der Waals surface area contributed by atoms with Crippen LogP contribution in [-0.2, 0) is 11.3 Å². The Morgan fingerprint density at radius 2 is 2.32 bits per heavy atom. The van der Waals surface area contributed by atoms with Gasteiger partial charge in [0.2, 0.25) is 6.41 Å². The van der Waals surface area contributed by atoms with Gasteiger partial charge < -0.3 is 9.64 Å². The molecule has 1 aromatic carbocycles. The molecule has 1 heterocycles. The van der Waals surface area contributed by atoms with Crippen LogP contribution < -0.4 is 10.2 Å². The lowest BCUT2D eigenvalue weighted by molar-refractivity contribution is -0.120. The quantitative estimate of drug-likeness (QED) is 0.475. The van der Waals surface area contributed by atoms with Crippen LogP contribution in [0.5, 0.6) is 5.75 Å². The highest BCUT2D eigenvalue weighted by Crippen LogP contribution is 2.25. The first-order valence-corrected chi connectivity index (χ1v) is 5.57. The molecule has 19 heavy (non-hydrogen) atoms. The largest absolute Gasteiger partial charge is 0.491 e. The average molecular weight is 284 g/mol. The summed E-state index contributed by atoms with van der Waals surface area (Å²) in [7, 11) is 0. The minimum atomic E-state index is -0.592. The van der Waals surface area contributed by atoms with Crippen molar-refractivity contribution < 1.29 is 19.5 Å². The number of hydrogen-bond acceptors (Lipinski definition) is 4. The number of amides is 2. The van der Waals surface area contributed by atoms with Crippen LogP contribution in [0, 0.1) is 0 Å². The Morgan fingerprint density at radius 3 is 2.95 bits per heavy atom. The monoisotopic (exact) mass is 284 g/mol. The third-order valence-electron chi connectivity index (χ3n) is 2.97. The van der Waals surface area contributed by atoms with Crippen LogP contribution in [0.15, 0.2) is 18.2 Å². The highest BCUT2D eigenvalue weighted by Gasteiger charge is 2.21. The Labute approximate surface area is 117 Å². The molecule has 104 valence electrons. The predicted molar refractivity (Wildman–Crippen MR) is 72.6 cm³/mol. The molecule has 1 aromatic rings. The van der Waals surface area contributed by atoms with Gasteiger partial charge in [0.15, 0.2) is 0 Å². The molecule has 0 unspecified atom stereocenters. The van der Waals surface area contributed by atoms with Gasteiger partial charge in [-0.25, -0.2) is 5.48 Å². The molecule has 0 spiro atoms. The van der Waals surface area contributed by atoms with E-state index in [1.807, 2.05) is 6.92 Å². The van der Waals surface area contributed by atoms with E-state index in [2.05, 4.69) is 0 Å². The summed E-state index contributed by atoms with van der Waals surface area (Å²) in [6.07, 6.45) is 0.789. The number of rotatable bonds is 2. The predicted octanol–water partition coefficient (Wildman–Crippen LogP) is 0.658. The molecule has 0 aliphatic carbocycles. The number of nitrogens with zero attached hydrogens (tertiary/aromatic N) is 1. The van der Waals surface area contributed by atoms with E-state index in [-0.39, 0.29) is 19.5 Å². The number of hydroxylamine groups is 1. The van der Waals surface area contributed by atoms with Crippen LogP contribution in [0.4, 0.5) is 0 Å². The van der Waals surface area contributed by atoms with Crippen LogP contribution in [0.3, 0.4) is 0 Å². The normalized spacial score (nSPS) is 17.4. The van der Waals surface area contributed by atoms with Crippen molar-refractivity contribution in [2.45, 2.75) is 19.5 Å². The fourth-order valence-corrected chi connectivity index (χ4v) is 1.83. The fraction of sp³-hybridized carbons (Fsp3) is 0.333. The van der Waals surface area contributed by atoms with Crippen LogP contribution >= 0.6 is 13.5 Å². The molecule has 1 atom stereocenters. The standard InChI is InChI=1S/C12H14N2O4.H2S/c1-8-6-18-11-4-9(12(16)13-17)2-3-10(11)5-14(8)7-15;/h2-4,7-8,17H,5-6H2,1H3,(H,13,16);1H2/t8-;/m0./s1. The Bertz CT molecular complexity index is 481. The molecular weight excluding hydrogens is 268 g/mol. The van der Waals surface area contributed by atoms with E-state index >= 15 is 0 Å². The van der Waals surface area contributed by atoms with Gasteiger partial charge in [-0.15, -0.1) is 0 Å². The summed E-state index contributed by atoms with van der Waals surface area (Å²) in [5.74, 6) is -0.0294. The maximum atomic E-state index is 11.3. The van der Waals surface area contributed by atoms with Crippen molar-refractivity contribution in [1.82, 2.24) is 10.4 Å². The molecule has 0 saturated heterocycles. The van der Waals surface area contributed by atoms with E-state index in [0.29, 0.717) is 24.5 Å². The van der Waals surface area contributed by atoms with Gasteiger partial charge in [0.25, 0.3) is 5.91 Å². The van der Waals surface area contributed by atoms with Crippen molar-refractivity contribution >= 4 is 25.8 Å². The fourth-order valence-electron chi connectivity index (χ4n) is 1.83. The molecule has 0 fully saturated rings. The lowest BCUT2D eigenvalue weighted by Crippen LogP contribution is -2.33. The van der Waals surface area contributed by atoms with Gasteiger partial charge in [-0.2, -0.15) is 13.5 Å². The van der Waals surface area contributed by atoms with Crippen molar-refractivity contribution in [3.05, 3.63) is 29.3 Å². The van der Waals surface area contributed by atoms with Gasteiger partial charge in [0, 0.05) is 17.7 Å². The van der Waals surface area contributed by atoms with Crippen LogP contribution in [-0.4, -0.2) is 35.1 Å². The minimum absolute atomic E-state index is 0. The van der Waals surface area contributed by atoms with Gasteiger partial charge in [-0.05, 0) is 19.1 Å². The number of ether oxygens (including phenoxy) is 1. The Morgan fingerprint density at radius 1 is 1.58 bits per heavy atom. The van der Waals surface area contributed by atoms with Crippen LogP contribution in [0.1, 0.15) is 22.8 Å². The van der Waals surface area contributed by atoms with Crippen LogP contribution in [0.25, 0.3) is 0 Å². The number of carbonyl (C=O) groups is 2. The van der Waals surface area contributed by atoms with E-state index in [0.717, 1.165) is 12.0 Å². The first kappa shape index (κ1) is 15.3. The third-order valence-corrected chi connectivity index (χ3v) is 2.97. The topological polar surface area (TPSA) is 78.9 Å². The molecule has 0 saturated carbocycles. The molecule has 0 aromatic heterocycles. The summed E-state index contributed by atoms with van der Waals surface area (Å²) in [4.78, 5) is 23.9. The second-order valence-corrected chi connectivity index (χ2v) is 4.20. The maximum Gasteiger partial charge on any atom is 0.274 e. The lowest BCUT2D eigenvalue weighted by atomic mass is 10.1. The molecule has 0 radical (unpaired) electrons. The number of hydrogen-bond donors (Lipinski definition) is 2. The number of fused-ring (bicyclic) bond motifs is 1. The second-order valence-electron chi connectivity index (χ2n) is 4.20. The Balaban J connectivity index is 0.00000180. The summed E-state index contributed by atoms with van der Waals surface area (Å²) in [6, 6.07) is 4.83. The summed E-state index contributed by atoms with van der Waals surface area (Å²) in [5.41, 5.74) is 2.71. The molecule has 1 aliphatic rings. The Hall–Kier alpha value is -1.73. The van der Waals surface area contributed by atoms with E-state index in [1.165, 1.54) is 0 Å². The molecule has 6 nitrogen and oxygen atoms in total. The zero-order valence-corrected chi connectivity index (χ0v) is 11.4. The van der Waals surface area contributed by atoms with Crippen LogP contribution in [0.2, 0.25) is 0 Å². The van der Waals surface area contributed by atoms with E-state index in [1.54, 1.807) is 28.6 Å². The summed E-state index contributed by atoms with van der Waals surface area (Å²) in [5, 5.41) is 8.58. The summed E-state index contributed by atoms with van der Waals surface area (Å²) in [6.45, 7) is 2.71. The number of benzene rings is 1. The Kier molecular flexibility index (Phi) is 5.20. The zero-order chi connectivity index (χ0) is 13.1. The van der Waals surface area contributed by atoms with E-state index in [9.17, 15) is 9.59 Å².